The van der Waals surface area contributed by atoms with E-state index in [2.05, 4.69) is 32.9 Å². The summed E-state index contributed by atoms with van der Waals surface area (Å²) in [6, 6.07) is 20.0. The van der Waals surface area contributed by atoms with Crippen LogP contribution in [0.1, 0.15) is 45.6 Å². The van der Waals surface area contributed by atoms with Gasteiger partial charge in [0.25, 0.3) is 6.57 Å². The Morgan fingerprint density at radius 1 is 1.04 bits per heavy atom. The largest absolute Gasteiger partial charge is 0.314 e. The van der Waals surface area contributed by atoms with Crippen molar-refractivity contribution < 1.29 is 9.09 Å². The normalized spacial score (nSPS) is 25.3. The lowest BCUT2D eigenvalue weighted by atomic mass is 9.75. The van der Waals surface area contributed by atoms with Crippen LogP contribution in [0.2, 0.25) is 0 Å². The fourth-order valence-corrected chi connectivity index (χ4v) is 8.19. The van der Waals surface area contributed by atoms with Crippen LogP contribution in [0, 0.1) is 17.8 Å². The average molecular weight is 403 g/mol. The summed E-state index contributed by atoms with van der Waals surface area (Å²) in [5.74, 6) is 2.36. The smallest absolute Gasteiger partial charge is 0.287 e. The lowest BCUT2D eigenvalue weighted by molar-refractivity contribution is 0.0526. The van der Waals surface area contributed by atoms with E-state index in [4.69, 9.17) is 4.52 Å². The first kappa shape index (κ1) is 20.7. The molecule has 0 heterocycles. The first-order valence-corrected chi connectivity index (χ1v) is 13.2. The van der Waals surface area contributed by atoms with Gasteiger partial charge in [-0.1, -0.05) is 87.1 Å². The molecule has 1 fully saturated rings. The van der Waals surface area contributed by atoms with Crippen molar-refractivity contribution in [3.8, 4) is 0 Å². The van der Waals surface area contributed by atoms with Gasteiger partial charge in [0.15, 0.2) is 0 Å². The summed E-state index contributed by atoms with van der Waals surface area (Å²) in [6.07, 6.45) is 3.49. The standard InChI is InChI=1S/C23H31O2PS/c1-18(2)22-15-14-19(3)16-23(22)25-26(24,21-12-8-5-9-13-21)27-17-20-10-6-4-7-11-20/h4-13,18-19,22-23H,14-17H2,1-3H3/t19-,22+,23-,26?/m1/s1. The van der Waals surface area contributed by atoms with Gasteiger partial charge in [-0.3, -0.25) is 4.57 Å². The van der Waals surface area contributed by atoms with Gasteiger partial charge in [0.2, 0.25) is 0 Å². The van der Waals surface area contributed by atoms with Gasteiger partial charge in [-0.05, 0) is 48.3 Å². The van der Waals surface area contributed by atoms with Crippen molar-refractivity contribution in [2.75, 3.05) is 0 Å². The molecule has 27 heavy (non-hydrogen) atoms. The molecule has 4 heteroatoms. The molecule has 1 aliphatic carbocycles. The summed E-state index contributed by atoms with van der Waals surface area (Å²) in [6.45, 7) is 3.83. The third-order valence-electron chi connectivity index (χ3n) is 5.55. The molecule has 0 aliphatic heterocycles. The van der Waals surface area contributed by atoms with Crippen LogP contribution in [0.15, 0.2) is 60.7 Å². The number of hydrogen-bond donors (Lipinski definition) is 0. The maximum absolute atomic E-state index is 14.1. The second kappa shape index (κ2) is 9.45. The minimum Gasteiger partial charge on any atom is -0.314 e. The fourth-order valence-electron chi connectivity index (χ4n) is 3.92. The molecule has 146 valence electrons. The Hall–Kier alpha value is -1.02. The zero-order valence-corrected chi connectivity index (χ0v) is 18.3. The van der Waals surface area contributed by atoms with Crippen LogP contribution in [0.3, 0.4) is 0 Å². The van der Waals surface area contributed by atoms with Gasteiger partial charge >= 0.3 is 0 Å². The van der Waals surface area contributed by atoms with Gasteiger partial charge < -0.3 is 4.52 Å². The predicted octanol–water partition coefficient (Wildman–Crippen LogP) is 6.92. The molecule has 1 aliphatic rings. The third kappa shape index (κ3) is 5.50. The number of benzene rings is 2. The molecule has 4 atom stereocenters. The fraction of sp³-hybridized carbons (Fsp3) is 0.478. The average Bonchev–Trinajstić information content (AvgIpc) is 2.68. The Kier molecular flexibility index (Phi) is 7.25. The van der Waals surface area contributed by atoms with Gasteiger partial charge in [-0.2, -0.15) is 0 Å². The van der Waals surface area contributed by atoms with Crippen molar-refractivity contribution >= 4 is 23.3 Å². The molecule has 0 spiro atoms. The molecule has 0 N–H and O–H groups in total. The van der Waals surface area contributed by atoms with E-state index < -0.39 is 6.57 Å². The van der Waals surface area contributed by atoms with Crippen molar-refractivity contribution in [3.05, 3.63) is 66.2 Å². The first-order valence-electron chi connectivity index (χ1n) is 10.0. The Labute approximate surface area is 168 Å². The van der Waals surface area contributed by atoms with Crippen LogP contribution < -0.4 is 5.30 Å². The quantitative estimate of drug-likeness (QED) is 0.470. The number of hydrogen-bond acceptors (Lipinski definition) is 3. The van der Waals surface area contributed by atoms with Crippen LogP contribution in [0.4, 0.5) is 0 Å². The van der Waals surface area contributed by atoms with Gasteiger partial charge in [0, 0.05) is 11.1 Å². The molecule has 0 bridgehead atoms. The van der Waals surface area contributed by atoms with Gasteiger partial charge in [0.05, 0.1) is 6.10 Å². The topological polar surface area (TPSA) is 26.3 Å². The second-order valence-corrected chi connectivity index (χ2v) is 12.5. The Morgan fingerprint density at radius 3 is 2.30 bits per heavy atom. The van der Waals surface area contributed by atoms with E-state index in [9.17, 15) is 4.57 Å². The summed E-state index contributed by atoms with van der Waals surface area (Å²) in [5, 5.41) is 0.826. The monoisotopic (exact) mass is 402 g/mol. The molecule has 0 amide bonds. The Bertz CT molecular complexity index is 747. The van der Waals surface area contributed by atoms with Crippen LogP contribution in [0.25, 0.3) is 0 Å². The second-order valence-electron chi connectivity index (χ2n) is 8.06. The minimum atomic E-state index is -2.99. The zero-order chi connectivity index (χ0) is 19.3. The van der Waals surface area contributed by atoms with E-state index in [0.29, 0.717) is 23.5 Å². The van der Waals surface area contributed by atoms with Gasteiger partial charge in [0.1, 0.15) is 0 Å². The third-order valence-corrected chi connectivity index (χ3v) is 10.1. The predicted molar refractivity (Wildman–Crippen MR) is 118 cm³/mol. The molecule has 2 aromatic carbocycles. The molecule has 0 aromatic heterocycles. The molecule has 3 rings (SSSR count). The Balaban J connectivity index is 1.84. The highest BCUT2D eigenvalue weighted by atomic mass is 32.7. The number of rotatable bonds is 7. The minimum absolute atomic E-state index is 0.0723. The highest BCUT2D eigenvalue weighted by molar-refractivity contribution is 8.58. The van der Waals surface area contributed by atoms with E-state index in [0.717, 1.165) is 11.7 Å². The van der Waals surface area contributed by atoms with E-state index in [-0.39, 0.29) is 6.10 Å². The van der Waals surface area contributed by atoms with Crippen molar-refractivity contribution in [1.82, 2.24) is 0 Å². The van der Waals surface area contributed by atoms with Crippen LogP contribution in [0.5, 0.6) is 0 Å². The molecule has 2 aromatic rings. The highest BCUT2D eigenvalue weighted by Crippen LogP contribution is 2.62. The molecule has 1 unspecified atom stereocenters. The zero-order valence-electron chi connectivity index (χ0n) is 16.6. The summed E-state index contributed by atoms with van der Waals surface area (Å²) in [5.41, 5.74) is 1.18. The summed E-state index contributed by atoms with van der Waals surface area (Å²) in [7, 11) is 0. The maximum atomic E-state index is 14.1. The van der Waals surface area contributed by atoms with Crippen LogP contribution >= 0.6 is 18.0 Å². The Morgan fingerprint density at radius 2 is 1.67 bits per heavy atom. The van der Waals surface area contributed by atoms with Gasteiger partial charge in [-0.15, -0.1) is 0 Å². The SMILES string of the molecule is CC(C)[C@@H]1CC[C@@H](C)C[C@H]1OP(=O)(SCc1ccccc1)c1ccccc1. The molecule has 1 saturated carbocycles. The van der Waals surface area contributed by atoms with Crippen molar-refractivity contribution in [2.45, 2.75) is 51.9 Å². The summed E-state index contributed by atoms with van der Waals surface area (Å²) in [4.78, 5) is 0. The van der Waals surface area contributed by atoms with E-state index in [1.54, 1.807) is 0 Å². The van der Waals surface area contributed by atoms with E-state index >= 15 is 0 Å². The van der Waals surface area contributed by atoms with Crippen LogP contribution in [-0.4, -0.2) is 6.10 Å². The molecule has 0 radical (unpaired) electrons. The van der Waals surface area contributed by atoms with Crippen molar-refractivity contribution in [3.63, 3.8) is 0 Å². The first-order chi connectivity index (χ1) is 13.0. The van der Waals surface area contributed by atoms with E-state index in [1.807, 2.05) is 48.5 Å². The molecular formula is C23H31O2PS. The lowest BCUT2D eigenvalue weighted by Gasteiger charge is -2.38. The van der Waals surface area contributed by atoms with E-state index in [1.165, 1.54) is 29.8 Å². The summed E-state index contributed by atoms with van der Waals surface area (Å²) < 4.78 is 20.6. The summed E-state index contributed by atoms with van der Waals surface area (Å²) >= 11 is 1.47. The molecule has 2 nitrogen and oxygen atoms in total. The lowest BCUT2D eigenvalue weighted by Crippen LogP contribution is -2.34. The van der Waals surface area contributed by atoms with Gasteiger partial charge in [-0.25, -0.2) is 0 Å². The highest BCUT2D eigenvalue weighted by Gasteiger charge is 2.38. The van der Waals surface area contributed by atoms with Crippen LogP contribution in [-0.2, 0) is 14.8 Å². The van der Waals surface area contributed by atoms with Crippen molar-refractivity contribution in [2.24, 2.45) is 17.8 Å². The molecule has 0 saturated heterocycles. The molecular weight excluding hydrogens is 371 g/mol. The van der Waals surface area contributed by atoms with Crippen molar-refractivity contribution in [1.29, 1.82) is 0 Å². The maximum Gasteiger partial charge on any atom is 0.287 e.